The molecule has 0 radical (unpaired) electrons. The van der Waals surface area contributed by atoms with Crippen molar-refractivity contribution in [3.8, 4) is 0 Å². The number of hydrogen-bond acceptors (Lipinski definition) is 3. The SMILES string of the molecule is OC(Cc1sccc1Br)[C@@H]1CCCN1. The molecule has 0 saturated carbocycles. The topological polar surface area (TPSA) is 32.3 Å². The van der Waals surface area contributed by atoms with Crippen LogP contribution < -0.4 is 5.32 Å². The minimum absolute atomic E-state index is 0.243. The van der Waals surface area contributed by atoms with Gasteiger partial charge in [-0.05, 0) is 46.8 Å². The van der Waals surface area contributed by atoms with E-state index in [0.717, 1.165) is 23.9 Å². The Balaban J connectivity index is 1.93. The van der Waals surface area contributed by atoms with Crippen LogP contribution in [0.3, 0.4) is 0 Å². The second kappa shape index (κ2) is 4.75. The Morgan fingerprint density at radius 3 is 3.14 bits per heavy atom. The van der Waals surface area contributed by atoms with E-state index in [1.54, 1.807) is 11.3 Å². The summed E-state index contributed by atoms with van der Waals surface area (Å²) in [6, 6.07) is 2.33. The van der Waals surface area contributed by atoms with E-state index in [-0.39, 0.29) is 6.10 Å². The van der Waals surface area contributed by atoms with Crippen LogP contribution >= 0.6 is 27.3 Å². The molecule has 2 rings (SSSR count). The molecular formula is C10H14BrNOS. The average Bonchev–Trinajstić information content (AvgIpc) is 2.77. The predicted octanol–water partition coefficient (Wildman–Crippen LogP) is 2.17. The summed E-state index contributed by atoms with van der Waals surface area (Å²) >= 11 is 5.18. The molecule has 0 spiro atoms. The average molecular weight is 276 g/mol. The number of hydrogen-bond donors (Lipinski definition) is 2. The zero-order chi connectivity index (χ0) is 9.97. The maximum atomic E-state index is 9.97. The molecule has 1 fully saturated rings. The lowest BCUT2D eigenvalue weighted by atomic mass is 10.1. The van der Waals surface area contributed by atoms with Gasteiger partial charge in [-0.15, -0.1) is 11.3 Å². The predicted molar refractivity (Wildman–Crippen MR) is 62.8 cm³/mol. The largest absolute Gasteiger partial charge is 0.391 e. The van der Waals surface area contributed by atoms with Gasteiger partial charge in [-0.3, -0.25) is 0 Å². The first kappa shape index (κ1) is 10.6. The second-order valence-electron chi connectivity index (χ2n) is 3.67. The molecule has 4 heteroatoms. The van der Waals surface area contributed by atoms with Gasteiger partial charge in [0.1, 0.15) is 0 Å². The van der Waals surface area contributed by atoms with Crippen molar-refractivity contribution in [2.45, 2.75) is 31.4 Å². The molecule has 1 aromatic heterocycles. The molecule has 2 nitrogen and oxygen atoms in total. The van der Waals surface area contributed by atoms with E-state index in [1.165, 1.54) is 11.3 Å². The van der Waals surface area contributed by atoms with Crippen molar-refractivity contribution >= 4 is 27.3 Å². The van der Waals surface area contributed by atoms with Crippen molar-refractivity contribution in [3.05, 3.63) is 20.8 Å². The summed E-state index contributed by atoms with van der Waals surface area (Å²) in [6.07, 6.45) is 2.81. The van der Waals surface area contributed by atoms with Crippen molar-refractivity contribution in [2.24, 2.45) is 0 Å². The first-order chi connectivity index (χ1) is 6.77. The van der Waals surface area contributed by atoms with Crippen LogP contribution in [0.4, 0.5) is 0 Å². The highest BCUT2D eigenvalue weighted by molar-refractivity contribution is 9.10. The van der Waals surface area contributed by atoms with E-state index in [2.05, 4.69) is 21.2 Å². The van der Waals surface area contributed by atoms with Crippen LogP contribution in [-0.4, -0.2) is 23.8 Å². The second-order valence-corrected chi connectivity index (χ2v) is 5.52. The molecule has 1 saturated heterocycles. The maximum Gasteiger partial charge on any atom is 0.0741 e. The summed E-state index contributed by atoms with van der Waals surface area (Å²) in [6.45, 7) is 1.05. The molecule has 0 bridgehead atoms. The Bertz CT molecular complexity index is 296. The molecule has 1 aromatic rings. The zero-order valence-corrected chi connectivity index (χ0v) is 10.3. The van der Waals surface area contributed by atoms with Crippen LogP contribution in [0.2, 0.25) is 0 Å². The first-order valence-corrected chi connectivity index (χ1v) is 6.58. The van der Waals surface area contributed by atoms with Gasteiger partial charge in [0.15, 0.2) is 0 Å². The molecule has 14 heavy (non-hydrogen) atoms. The number of aliphatic hydroxyl groups is 1. The highest BCUT2D eigenvalue weighted by Gasteiger charge is 2.23. The van der Waals surface area contributed by atoms with Crippen LogP contribution in [0.25, 0.3) is 0 Å². The lowest BCUT2D eigenvalue weighted by Crippen LogP contribution is -2.35. The normalized spacial score (nSPS) is 24.0. The molecule has 2 atom stereocenters. The lowest BCUT2D eigenvalue weighted by molar-refractivity contribution is 0.136. The van der Waals surface area contributed by atoms with Crippen LogP contribution in [-0.2, 0) is 6.42 Å². The number of halogens is 1. The molecule has 78 valence electrons. The molecule has 0 amide bonds. The van der Waals surface area contributed by atoms with Gasteiger partial charge in [0.05, 0.1) is 6.10 Å². The lowest BCUT2D eigenvalue weighted by Gasteiger charge is -2.17. The fourth-order valence-electron chi connectivity index (χ4n) is 1.84. The number of aliphatic hydroxyl groups excluding tert-OH is 1. The third kappa shape index (κ3) is 2.37. The zero-order valence-electron chi connectivity index (χ0n) is 7.87. The van der Waals surface area contributed by atoms with E-state index in [4.69, 9.17) is 0 Å². The van der Waals surface area contributed by atoms with Crippen LogP contribution in [0.5, 0.6) is 0 Å². The Hall–Kier alpha value is 0.1000. The van der Waals surface area contributed by atoms with E-state index in [1.807, 2.05) is 11.4 Å². The molecule has 1 unspecified atom stereocenters. The molecule has 1 aliphatic rings. The standard InChI is InChI=1S/C10H14BrNOS/c11-7-3-5-14-10(7)6-9(13)8-2-1-4-12-8/h3,5,8-9,12-13H,1-2,4,6H2/t8-,9?/m0/s1. The van der Waals surface area contributed by atoms with Gasteiger partial charge >= 0.3 is 0 Å². The fourth-order valence-corrected chi connectivity index (χ4v) is 3.41. The minimum Gasteiger partial charge on any atom is -0.391 e. The smallest absolute Gasteiger partial charge is 0.0741 e. The summed E-state index contributed by atoms with van der Waals surface area (Å²) in [5.74, 6) is 0. The molecular weight excluding hydrogens is 262 g/mol. The number of nitrogens with one attached hydrogen (secondary N) is 1. The summed E-state index contributed by atoms with van der Waals surface area (Å²) < 4.78 is 1.12. The van der Waals surface area contributed by atoms with E-state index in [9.17, 15) is 5.11 Å². The van der Waals surface area contributed by atoms with Crippen LogP contribution in [0, 0.1) is 0 Å². The fraction of sp³-hybridized carbons (Fsp3) is 0.600. The minimum atomic E-state index is -0.243. The maximum absolute atomic E-state index is 9.97. The summed E-state index contributed by atoms with van der Waals surface area (Å²) in [5.41, 5.74) is 0. The molecule has 2 heterocycles. The summed E-state index contributed by atoms with van der Waals surface area (Å²) in [4.78, 5) is 1.24. The third-order valence-corrected chi connectivity index (χ3v) is 4.60. The van der Waals surface area contributed by atoms with Crippen molar-refractivity contribution in [2.75, 3.05) is 6.54 Å². The Morgan fingerprint density at radius 2 is 2.57 bits per heavy atom. The van der Waals surface area contributed by atoms with Crippen LogP contribution in [0.1, 0.15) is 17.7 Å². The van der Waals surface area contributed by atoms with Gasteiger partial charge in [0.2, 0.25) is 0 Å². The molecule has 0 aromatic carbocycles. The van der Waals surface area contributed by atoms with Gasteiger partial charge in [-0.2, -0.15) is 0 Å². The van der Waals surface area contributed by atoms with Crippen LogP contribution in [0.15, 0.2) is 15.9 Å². The van der Waals surface area contributed by atoms with Crippen molar-refractivity contribution in [3.63, 3.8) is 0 Å². The quantitative estimate of drug-likeness (QED) is 0.886. The van der Waals surface area contributed by atoms with Crippen molar-refractivity contribution < 1.29 is 5.11 Å². The van der Waals surface area contributed by atoms with Gasteiger partial charge in [-0.1, -0.05) is 0 Å². The summed E-state index contributed by atoms with van der Waals surface area (Å²) in [7, 11) is 0. The number of rotatable bonds is 3. The Labute approximate surface area is 96.5 Å². The molecule has 0 aliphatic carbocycles. The first-order valence-electron chi connectivity index (χ1n) is 4.90. The van der Waals surface area contributed by atoms with Gasteiger partial charge < -0.3 is 10.4 Å². The summed E-state index contributed by atoms with van der Waals surface area (Å²) in [5, 5.41) is 15.3. The Morgan fingerprint density at radius 1 is 1.71 bits per heavy atom. The van der Waals surface area contributed by atoms with E-state index in [0.29, 0.717) is 6.04 Å². The molecule has 2 N–H and O–H groups in total. The van der Waals surface area contributed by atoms with E-state index >= 15 is 0 Å². The highest BCUT2D eigenvalue weighted by atomic mass is 79.9. The Kier molecular flexibility index (Phi) is 3.60. The third-order valence-electron chi connectivity index (χ3n) is 2.65. The van der Waals surface area contributed by atoms with Crippen molar-refractivity contribution in [1.29, 1.82) is 0 Å². The van der Waals surface area contributed by atoms with Gasteiger partial charge in [-0.25, -0.2) is 0 Å². The highest BCUT2D eigenvalue weighted by Crippen LogP contribution is 2.25. The van der Waals surface area contributed by atoms with Gasteiger partial charge in [0.25, 0.3) is 0 Å². The van der Waals surface area contributed by atoms with Crippen molar-refractivity contribution in [1.82, 2.24) is 5.32 Å². The monoisotopic (exact) mass is 275 g/mol. The molecule has 1 aliphatic heterocycles. The van der Waals surface area contributed by atoms with Gasteiger partial charge in [0, 0.05) is 21.8 Å². The van der Waals surface area contributed by atoms with E-state index < -0.39 is 0 Å². The number of thiophene rings is 1.